The van der Waals surface area contributed by atoms with E-state index in [0.29, 0.717) is 5.56 Å². The lowest BCUT2D eigenvalue weighted by Gasteiger charge is -2.44. The van der Waals surface area contributed by atoms with Gasteiger partial charge in [0.05, 0.1) is 7.95 Å². The number of para-hydroxylation sites is 2. The van der Waals surface area contributed by atoms with Crippen LogP contribution in [0.1, 0.15) is 27.7 Å². The molecule has 3 aromatic carbocycles. The highest BCUT2D eigenvalue weighted by atomic mass is 31.2. The Balaban J connectivity index is 1.78. The second-order valence-electron chi connectivity index (χ2n) is 9.48. The molecule has 0 aliphatic carbocycles. The zero-order chi connectivity index (χ0) is 32.4. The molecule has 44 heavy (non-hydrogen) atoms. The fourth-order valence-electron chi connectivity index (χ4n) is 4.20. The minimum Gasteiger partial charge on any atom is -0.463 e. The molecule has 1 aliphatic rings. The maximum absolute atomic E-state index is 14.4. The molecule has 6 atom stereocenters. The van der Waals surface area contributed by atoms with Crippen molar-refractivity contribution in [3.05, 3.63) is 96.6 Å². The van der Waals surface area contributed by atoms with Crippen LogP contribution >= 0.6 is 7.82 Å². The molecule has 0 amide bonds. The highest BCUT2D eigenvalue weighted by molar-refractivity contribution is 7.49. The van der Waals surface area contributed by atoms with Gasteiger partial charge in [0.15, 0.2) is 18.3 Å². The van der Waals surface area contributed by atoms with Gasteiger partial charge in [-0.2, -0.15) is 0 Å². The predicted molar refractivity (Wildman–Crippen MR) is 154 cm³/mol. The molecule has 0 spiro atoms. The van der Waals surface area contributed by atoms with E-state index in [4.69, 9.17) is 38.6 Å². The number of ether oxygens (including phenoxy) is 5. The van der Waals surface area contributed by atoms with Gasteiger partial charge < -0.3 is 32.7 Å². The Morgan fingerprint density at radius 2 is 1.23 bits per heavy atom. The van der Waals surface area contributed by atoms with E-state index in [1.54, 1.807) is 66.7 Å². The molecule has 1 saturated heterocycles. The van der Waals surface area contributed by atoms with Crippen molar-refractivity contribution in [2.45, 2.75) is 58.1 Å². The first-order valence-electron chi connectivity index (χ1n) is 14.1. The zero-order valence-electron chi connectivity index (χ0n) is 25.2. The quantitative estimate of drug-likeness (QED) is 0.143. The minimum atomic E-state index is -4.68. The molecule has 2 unspecified atom stereocenters. The molecule has 0 bridgehead atoms. The maximum Gasteiger partial charge on any atom is 0.590 e. The Labute approximate surface area is 256 Å². The molecule has 1 heterocycles. The number of hydrogen-bond donors (Lipinski definition) is 0. The average Bonchev–Trinajstić information content (AvgIpc) is 3.00. The van der Waals surface area contributed by atoms with E-state index in [1.807, 2.05) is 0 Å². The Morgan fingerprint density at radius 3 is 1.73 bits per heavy atom. The van der Waals surface area contributed by atoms with Crippen molar-refractivity contribution < 1.29 is 57.6 Å². The van der Waals surface area contributed by atoms with Crippen LogP contribution in [0.25, 0.3) is 0 Å². The van der Waals surface area contributed by atoms with E-state index >= 15 is 0 Å². The molecule has 0 saturated carbocycles. The number of rotatable bonds is 13. The van der Waals surface area contributed by atoms with Gasteiger partial charge in [-0.15, -0.1) is 0 Å². The van der Waals surface area contributed by atoms with E-state index in [9.17, 15) is 18.9 Å². The number of esters is 3. The van der Waals surface area contributed by atoms with Crippen molar-refractivity contribution in [2.75, 3.05) is 6.61 Å². The van der Waals surface area contributed by atoms with Gasteiger partial charge >= 0.3 is 25.7 Å². The molecule has 1 aliphatic heterocycles. The van der Waals surface area contributed by atoms with Crippen LogP contribution < -0.4 is 9.05 Å². The lowest BCUT2D eigenvalue weighted by molar-refractivity contribution is -0.298. The first-order valence-corrected chi connectivity index (χ1v) is 15.0. The van der Waals surface area contributed by atoms with E-state index in [1.165, 1.54) is 24.3 Å². The summed E-state index contributed by atoms with van der Waals surface area (Å²) in [5.41, 5.74) is 0.410. The molecular weight excluding hydrogens is 595 g/mol. The van der Waals surface area contributed by atoms with Gasteiger partial charge in [-0.3, -0.25) is 14.4 Å². The Bertz CT molecular complexity index is 1410. The third-order valence-corrected chi connectivity index (χ3v) is 7.30. The summed E-state index contributed by atoms with van der Waals surface area (Å²) in [6.45, 7) is 1.51. The van der Waals surface area contributed by atoms with Crippen molar-refractivity contribution in [1.29, 1.82) is 0 Å². The lowest BCUT2D eigenvalue weighted by atomic mass is 9.98. The smallest absolute Gasteiger partial charge is 0.463 e. The van der Waals surface area contributed by atoms with Gasteiger partial charge in [0.2, 0.25) is 6.29 Å². The topological polar surface area (TPSA) is 142 Å². The molecule has 0 aromatic heterocycles. The van der Waals surface area contributed by atoms with Crippen LogP contribution in [0.3, 0.4) is 0 Å². The molecule has 12 nitrogen and oxygen atoms in total. The van der Waals surface area contributed by atoms with Crippen molar-refractivity contribution in [3.8, 4) is 11.5 Å². The summed E-state index contributed by atoms with van der Waals surface area (Å²) in [6, 6.07) is 24.5. The Hall–Kier alpha value is -4.22. The minimum absolute atomic E-state index is 0.124. The monoisotopic (exact) mass is 629 g/mol. The summed E-state index contributed by atoms with van der Waals surface area (Å²) in [4.78, 5) is 36.3. The summed E-state index contributed by atoms with van der Waals surface area (Å²) in [5, 5.41) is 0. The van der Waals surface area contributed by atoms with Crippen molar-refractivity contribution in [2.24, 2.45) is 0 Å². The number of benzene rings is 3. The molecule has 13 heteroatoms. The Kier molecular flexibility index (Phi) is 11.0. The van der Waals surface area contributed by atoms with E-state index < -0.39 is 69.6 Å². The van der Waals surface area contributed by atoms with Crippen molar-refractivity contribution in [3.63, 3.8) is 0 Å². The third kappa shape index (κ3) is 9.65. The standard InChI is InChI=1S/C31H33O12P/c1-21(32)36-20-27-28(38-22(2)33)29(39-23(3)34)30(37-19-24-13-7-4-8-14-24)31(40-27)43-44(35,41-25-15-9-5-10-16-25)42-26-17-11-6-12-18-26/h4-18,27-31H,19-20H2,1-3H3/t27-,28-,29+,30+,31?/m1/s1/i19D/t19?,27-,28-,29+,30+,31?. The van der Waals surface area contributed by atoms with E-state index in [0.717, 1.165) is 20.8 Å². The van der Waals surface area contributed by atoms with Gasteiger partial charge in [-0.05, 0) is 29.8 Å². The SMILES string of the molecule is [2H]C(O[C@@H]1C(OP(=O)(Oc2ccccc2)Oc2ccccc2)O[C@H](COC(C)=O)[C@@H](OC(C)=O)[C@@H]1OC(C)=O)c1ccccc1. The normalized spacial score (nSPS) is 22.5. The van der Waals surface area contributed by atoms with E-state index in [-0.39, 0.29) is 11.5 Å². The zero-order valence-corrected chi connectivity index (χ0v) is 25.1. The van der Waals surface area contributed by atoms with Gasteiger partial charge in [-0.1, -0.05) is 66.7 Å². The molecule has 4 rings (SSSR count). The first kappa shape index (κ1) is 31.2. The number of phosphoric ester groups is 1. The lowest BCUT2D eigenvalue weighted by Crippen LogP contribution is -2.62. The highest BCUT2D eigenvalue weighted by Gasteiger charge is 2.54. The van der Waals surface area contributed by atoms with Crippen LogP contribution in [0.2, 0.25) is 0 Å². The van der Waals surface area contributed by atoms with Gasteiger partial charge in [0.25, 0.3) is 0 Å². The maximum atomic E-state index is 14.4. The van der Waals surface area contributed by atoms with Crippen LogP contribution in [0.15, 0.2) is 91.0 Å². The van der Waals surface area contributed by atoms with Gasteiger partial charge in [0.1, 0.15) is 24.2 Å². The number of carbonyl (C=O) groups excluding carboxylic acids is 3. The summed E-state index contributed by atoms with van der Waals surface area (Å²) >= 11 is 0. The van der Waals surface area contributed by atoms with Crippen molar-refractivity contribution in [1.82, 2.24) is 0 Å². The number of hydrogen-bond acceptors (Lipinski definition) is 12. The third-order valence-electron chi connectivity index (χ3n) is 5.96. The van der Waals surface area contributed by atoms with Crippen LogP contribution in [0.5, 0.6) is 11.5 Å². The number of phosphoric acid groups is 1. The van der Waals surface area contributed by atoms with Gasteiger partial charge in [0, 0.05) is 20.8 Å². The van der Waals surface area contributed by atoms with Crippen LogP contribution in [0.4, 0.5) is 0 Å². The molecule has 1 fully saturated rings. The molecule has 3 aromatic rings. The largest absolute Gasteiger partial charge is 0.590 e. The second kappa shape index (κ2) is 15.5. The van der Waals surface area contributed by atoms with Gasteiger partial charge in [-0.25, -0.2) is 9.09 Å². The molecule has 0 radical (unpaired) electrons. The Morgan fingerprint density at radius 1 is 0.727 bits per heavy atom. The summed E-state index contributed by atoms with van der Waals surface area (Å²) < 4.78 is 68.8. The van der Waals surface area contributed by atoms with Crippen LogP contribution in [0, 0.1) is 0 Å². The van der Waals surface area contributed by atoms with Crippen molar-refractivity contribution >= 4 is 25.7 Å². The van der Waals surface area contributed by atoms with Crippen LogP contribution in [-0.4, -0.2) is 55.2 Å². The average molecular weight is 630 g/mol. The number of carbonyl (C=O) groups is 3. The fraction of sp³-hybridized carbons (Fsp3) is 0.323. The summed E-state index contributed by atoms with van der Waals surface area (Å²) in [7, 11) is -4.68. The summed E-state index contributed by atoms with van der Waals surface area (Å²) in [6.07, 6.45) is -7.51. The fourth-order valence-corrected chi connectivity index (χ4v) is 5.51. The first-order chi connectivity index (χ1) is 21.5. The second-order valence-corrected chi connectivity index (χ2v) is 11.0. The van der Waals surface area contributed by atoms with Crippen LogP contribution in [-0.2, 0) is 53.7 Å². The highest BCUT2D eigenvalue weighted by Crippen LogP contribution is 2.52. The molecule has 0 N–H and O–H groups in total. The molecule has 234 valence electrons. The predicted octanol–water partition coefficient (Wildman–Crippen LogP) is 5.01. The van der Waals surface area contributed by atoms with E-state index in [2.05, 4.69) is 0 Å². The summed E-state index contributed by atoms with van der Waals surface area (Å²) in [5.74, 6) is -2.01. The molecular formula is C31H33O12P.